The van der Waals surface area contributed by atoms with Crippen LogP contribution in [-0.2, 0) is 0 Å². The number of carbonyl (C=O) groups is 1. The van der Waals surface area contributed by atoms with E-state index in [-0.39, 0.29) is 5.91 Å². The van der Waals surface area contributed by atoms with Gasteiger partial charge in [0.2, 0.25) is 0 Å². The van der Waals surface area contributed by atoms with Gasteiger partial charge >= 0.3 is 0 Å². The van der Waals surface area contributed by atoms with E-state index < -0.39 is 0 Å². The zero-order valence-electron chi connectivity index (χ0n) is 11.3. The number of nitrogens with two attached hydrogens (primary N) is 1. The Balaban J connectivity index is 2.10. The van der Waals surface area contributed by atoms with Gasteiger partial charge in [0.25, 0.3) is 5.91 Å². The predicted molar refractivity (Wildman–Crippen MR) is 73.6 cm³/mol. The largest absolute Gasteiger partial charge is 0.398 e. The molecular formula is C14H21N3O. The van der Waals surface area contributed by atoms with E-state index in [1.165, 1.54) is 0 Å². The smallest absolute Gasteiger partial charge is 0.253 e. The fourth-order valence-electron chi connectivity index (χ4n) is 2.30. The highest BCUT2D eigenvalue weighted by Gasteiger charge is 2.28. The summed E-state index contributed by atoms with van der Waals surface area (Å²) in [5.41, 5.74) is 8.24. The number of hydrogen-bond donors (Lipinski definition) is 1. The topological polar surface area (TPSA) is 49.6 Å². The van der Waals surface area contributed by atoms with Crippen LogP contribution in [0.15, 0.2) is 18.2 Å². The normalized spacial score (nSPS) is 19.6. The third-order valence-electron chi connectivity index (χ3n) is 3.71. The van der Waals surface area contributed by atoms with Gasteiger partial charge in [-0.15, -0.1) is 0 Å². The van der Waals surface area contributed by atoms with Gasteiger partial charge in [-0.2, -0.15) is 0 Å². The molecule has 0 radical (unpaired) electrons. The highest BCUT2D eigenvalue weighted by molar-refractivity contribution is 5.95. The maximum absolute atomic E-state index is 12.3. The summed E-state index contributed by atoms with van der Waals surface area (Å²) in [6.45, 7) is 3.58. The van der Waals surface area contributed by atoms with Crippen LogP contribution in [-0.4, -0.2) is 48.9 Å². The van der Waals surface area contributed by atoms with Crippen molar-refractivity contribution in [2.75, 3.05) is 32.9 Å². The minimum atomic E-state index is 0.0889. The van der Waals surface area contributed by atoms with E-state index in [1.54, 1.807) is 6.07 Å². The molecule has 98 valence electrons. The molecule has 2 rings (SSSR count). The van der Waals surface area contributed by atoms with Gasteiger partial charge in [-0.05, 0) is 45.1 Å². The Kier molecular flexibility index (Phi) is 3.57. The molecule has 1 aromatic carbocycles. The van der Waals surface area contributed by atoms with Gasteiger partial charge in [0.15, 0.2) is 0 Å². The fraction of sp³-hybridized carbons (Fsp3) is 0.500. The number of hydrogen-bond acceptors (Lipinski definition) is 3. The Labute approximate surface area is 108 Å². The van der Waals surface area contributed by atoms with Gasteiger partial charge in [-0.1, -0.05) is 6.07 Å². The first-order valence-corrected chi connectivity index (χ1v) is 6.31. The predicted octanol–water partition coefficient (Wildman–Crippen LogP) is 1.35. The Bertz CT molecular complexity index is 456. The molecule has 0 aromatic heterocycles. The van der Waals surface area contributed by atoms with Crippen LogP contribution >= 0.6 is 0 Å². The molecule has 1 unspecified atom stereocenters. The molecule has 0 saturated carbocycles. The summed E-state index contributed by atoms with van der Waals surface area (Å²) in [4.78, 5) is 16.4. The van der Waals surface area contributed by atoms with E-state index in [2.05, 4.69) is 19.0 Å². The summed E-state index contributed by atoms with van der Waals surface area (Å²) in [7, 11) is 4.12. The lowest BCUT2D eigenvalue weighted by Gasteiger charge is -2.20. The van der Waals surface area contributed by atoms with Crippen molar-refractivity contribution in [1.82, 2.24) is 9.80 Å². The van der Waals surface area contributed by atoms with Crippen molar-refractivity contribution in [3.05, 3.63) is 29.3 Å². The van der Waals surface area contributed by atoms with Crippen molar-refractivity contribution < 1.29 is 4.79 Å². The van der Waals surface area contributed by atoms with E-state index in [9.17, 15) is 4.79 Å². The van der Waals surface area contributed by atoms with E-state index in [4.69, 9.17) is 5.73 Å². The lowest BCUT2D eigenvalue weighted by atomic mass is 10.1. The van der Waals surface area contributed by atoms with Gasteiger partial charge in [0.1, 0.15) is 0 Å². The fourth-order valence-corrected chi connectivity index (χ4v) is 2.30. The first kappa shape index (κ1) is 12.9. The van der Waals surface area contributed by atoms with Crippen molar-refractivity contribution in [1.29, 1.82) is 0 Å². The van der Waals surface area contributed by atoms with E-state index >= 15 is 0 Å². The van der Waals surface area contributed by atoms with Crippen molar-refractivity contribution in [3.8, 4) is 0 Å². The molecular weight excluding hydrogens is 226 g/mol. The van der Waals surface area contributed by atoms with E-state index in [0.29, 0.717) is 17.3 Å². The van der Waals surface area contributed by atoms with E-state index in [1.807, 2.05) is 24.0 Å². The summed E-state index contributed by atoms with van der Waals surface area (Å²) in [5, 5.41) is 0. The second kappa shape index (κ2) is 4.98. The van der Waals surface area contributed by atoms with Crippen molar-refractivity contribution in [3.63, 3.8) is 0 Å². The van der Waals surface area contributed by atoms with Crippen LogP contribution < -0.4 is 5.73 Å². The number of likely N-dealkylation sites (N-methyl/N-ethyl adjacent to an activating group) is 1. The molecule has 1 atom stereocenters. The number of nitrogen functional groups attached to an aromatic ring is 1. The second-order valence-corrected chi connectivity index (χ2v) is 5.23. The molecule has 0 spiro atoms. The van der Waals surface area contributed by atoms with Crippen LogP contribution in [0.1, 0.15) is 22.3 Å². The second-order valence-electron chi connectivity index (χ2n) is 5.23. The summed E-state index contributed by atoms with van der Waals surface area (Å²) in [6, 6.07) is 6.01. The van der Waals surface area contributed by atoms with Crippen LogP contribution in [0.25, 0.3) is 0 Å². The number of carbonyl (C=O) groups excluding carboxylic acids is 1. The number of rotatable bonds is 2. The minimum absolute atomic E-state index is 0.0889. The molecule has 4 nitrogen and oxygen atoms in total. The highest BCUT2D eigenvalue weighted by Crippen LogP contribution is 2.19. The molecule has 1 amide bonds. The zero-order valence-corrected chi connectivity index (χ0v) is 11.3. The molecule has 0 bridgehead atoms. The summed E-state index contributed by atoms with van der Waals surface area (Å²) in [6.07, 6.45) is 1.04. The number of aryl methyl sites for hydroxylation is 1. The zero-order chi connectivity index (χ0) is 13.3. The van der Waals surface area contributed by atoms with Crippen molar-refractivity contribution in [2.24, 2.45) is 0 Å². The minimum Gasteiger partial charge on any atom is -0.398 e. The third kappa shape index (κ3) is 2.48. The van der Waals surface area contributed by atoms with Crippen LogP contribution in [0.2, 0.25) is 0 Å². The Morgan fingerprint density at radius 1 is 1.44 bits per heavy atom. The number of likely N-dealkylation sites (tertiary alicyclic amines) is 1. The summed E-state index contributed by atoms with van der Waals surface area (Å²) in [5.74, 6) is 0.0889. The molecule has 4 heteroatoms. The van der Waals surface area contributed by atoms with Crippen LogP contribution in [0.3, 0.4) is 0 Å². The summed E-state index contributed by atoms with van der Waals surface area (Å²) >= 11 is 0. The standard InChI is InChI=1S/C14H21N3O/c1-10-4-5-11(8-13(10)15)14(18)17-7-6-12(9-17)16(2)3/h4-5,8,12H,6-7,9,15H2,1-3H3. The van der Waals surface area contributed by atoms with Gasteiger partial charge in [-0.25, -0.2) is 0 Å². The molecule has 2 N–H and O–H groups in total. The SMILES string of the molecule is Cc1ccc(C(=O)N2CCC(N(C)C)C2)cc1N. The first-order valence-electron chi connectivity index (χ1n) is 6.31. The molecule has 0 aliphatic carbocycles. The summed E-state index contributed by atoms with van der Waals surface area (Å²) < 4.78 is 0. The average Bonchev–Trinajstić information content (AvgIpc) is 2.81. The number of amides is 1. The molecule has 1 fully saturated rings. The van der Waals surface area contributed by atoms with Crippen molar-refractivity contribution in [2.45, 2.75) is 19.4 Å². The lowest BCUT2D eigenvalue weighted by Crippen LogP contribution is -2.34. The molecule has 1 aliphatic heterocycles. The van der Waals surface area contributed by atoms with Gasteiger partial charge < -0.3 is 15.5 Å². The van der Waals surface area contributed by atoms with Crippen LogP contribution in [0.5, 0.6) is 0 Å². The van der Waals surface area contributed by atoms with Crippen LogP contribution in [0.4, 0.5) is 5.69 Å². The van der Waals surface area contributed by atoms with Crippen LogP contribution in [0, 0.1) is 6.92 Å². The number of benzene rings is 1. The third-order valence-corrected chi connectivity index (χ3v) is 3.71. The quantitative estimate of drug-likeness (QED) is 0.803. The number of anilines is 1. The molecule has 1 aliphatic rings. The Morgan fingerprint density at radius 2 is 2.17 bits per heavy atom. The lowest BCUT2D eigenvalue weighted by molar-refractivity contribution is 0.0783. The Morgan fingerprint density at radius 3 is 2.72 bits per heavy atom. The van der Waals surface area contributed by atoms with Crippen molar-refractivity contribution >= 4 is 11.6 Å². The maximum Gasteiger partial charge on any atom is 0.253 e. The Hall–Kier alpha value is -1.55. The molecule has 1 heterocycles. The number of nitrogens with zero attached hydrogens (tertiary/aromatic N) is 2. The molecule has 1 saturated heterocycles. The monoisotopic (exact) mass is 247 g/mol. The average molecular weight is 247 g/mol. The highest BCUT2D eigenvalue weighted by atomic mass is 16.2. The molecule has 1 aromatic rings. The first-order chi connectivity index (χ1) is 8.49. The molecule has 18 heavy (non-hydrogen) atoms. The van der Waals surface area contributed by atoms with Gasteiger partial charge in [0, 0.05) is 30.4 Å². The van der Waals surface area contributed by atoms with E-state index in [0.717, 1.165) is 25.1 Å². The van der Waals surface area contributed by atoms with Gasteiger partial charge in [0.05, 0.1) is 0 Å². The maximum atomic E-state index is 12.3. The van der Waals surface area contributed by atoms with Gasteiger partial charge in [-0.3, -0.25) is 4.79 Å².